The summed E-state index contributed by atoms with van der Waals surface area (Å²) in [6, 6.07) is 22.4. The van der Waals surface area contributed by atoms with E-state index in [1.54, 1.807) is 4.90 Å². The highest BCUT2D eigenvalue weighted by molar-refractivity contribution is 5.95. The fourth-order valence-corrected chi connectivity index (χ4v) is 6.21. The molecule has 4 nitrogen and oxygen atoms in total. The number of aromatic nitrogens is 2. The van der Waals surface area contributed by atoms with Crippen LogP contribution in [0.5, 0.6) is 0 Å². The van der Waals surface area contributed by atoms with Crippen molar-refractivity contribution in [2.24, 2.45) is 5.41 Å². The minimum Gasteiger partial charge on any atom is -0.337 e. The molecule has 0 bridgehead atoms. The highest BCUT2D eigenvalue weighted by Gasteiger charge is 2.54. The normalized spacial score (nSPS) is 16.4. The molecule has 3 aromatic carbocycles. The fraction of sp³-hybridized carbons (Fsp3) is 0.312. The summed E-state index contributed by atoms with van der Waals surface area (Å²) in [5.41, 5.74) is 5.96. The number of hydrogen-bond donors (Lipinski definition) is 0. The monoisotopic (exact) mass is 511 g/mol. The van der Waals surface area contributed by atoms with E-state index < -0.39 is 11.6 Å². The predicted molar refractivity (Wildman–Crippen MR) is 144 cm³/mol. The van der Waals surface area contributed by atoms with Crippen molar-refractivity contribution in [1.82, 2.24) is 14.7 Å². The molecule has 0 atom stereocenters. The zero-order chi connectivity index (χ0) is 26.4. The summed E-state index contributed by atoms with van der Waals surface area (Å²) in [4.78, 5) is 14.9. The summed E-state index contributed by atoms with van der Waals surface area (Å²) in [5.74, 6) is -1.36. The summed E-state index contributed by atoms with van der Waals surface area (Å²) in [6.45, 7) is 5.32. The molecule has 0 unspecified atom stereocenters. The van der Waals surface area contributed by atoms with E-state index in [1.165, 1.54) is 17.3 Å². The van der Waals surface area contributed by atoms with Crippen molar-refractivity contribution in [2.45, 2.75) is 45.4 Å². The highest BCUT2D eigenvalue weighted by atomic mass is 19.1. The molecule has 194 valence electrons. The minimum absolute atomic E-state index is 0.0339. The molecule has 0 radical (unpaired) electrons. The molecule has 4 aromatic rings. The number of carbonyl (C=O) groups excluding carboxylic acids is 1. The average molecular weight is 512 g/mol. The molecule has 1 aliphatic heterocycles. The number of amides is 1. The maximum atomic E-state index is 14.7. The SMILES string of the molecule is Cc1cc(C2CC3(C2)CN(C(=O)c2cc(CCc4ccccc4)c(F)cc2F)C3)n(-c2ccccc2C)n1. The number of para-hydroxylation sites is 1. The van der Waals surface area contributed by atoms with Crippen LogP contribution >= 0.6 is 0 Å². The second-order valence-electron chi connectivity index (χ2n) is 11.1. The second-order valence-corrected chi connectivity index (χ2v) is 11.1. The lowest BCUT2D eigenvalue weighted by atomic mass is 9.57. The van der Waals surface area contributed by atoms with Crippen LogP contribution in [0.3, 0.4) is 0 Å². The Morgan fingerprint density at radius 2 is 1.63 bits per heavy atom. The van der Waals surface area contributed by atoms with Gasteiger partial charge in [0.2, 0.25) is 0 Å². The van der Waals surface area contributed by atoms with Crippen molar-refractivity contribution in [3.05, 3.63) is 118 Å². The van der Waals surface area contributed by atoms with Crippen molar-refractivity contribution >= 4 is 5.91 Å². The molecule has 1 saturated heterocycles. The standard InChI is InChI=1S/C32H31F2N3O/c1-21-8-6-7-11-29(21)37-30(14-22(2)35-37)25-17-32(18-25)19-36(20-32)31(38)26-15-24(27(33)16-28(26)34)13-12-23-9-4-3-5-10-23/h3-11,14-16,25H,12-13,17-20H2,1-2H3. The van der Waals surface area contributed by atoms with Gasteiger partial charge in [-0.25, -0.2) is 13.5 Å². The lowest BCUT2D eigenvalue weighted by Crippen LogP contribution is -2.63. The Labute approximate surface area is 221 Å². The molecule has 2 fully saturated rings. The van der Waals surface area contributed by atoms with Gasteiger partial charge in [0.15, 0.2) is 0 Å². The molecular weight excluding hydrogens is 480 g/mol. The molecule has 1 saturated carbocycles. The summed E-state index contributed by atoms with van der Waals surface area (Å²) < 4.78 is 31.2. The quantitative estimate of drug-likeness (QED) is 0.294. The van der Waals surface area contributed by atoms with Gasteiger partial charge in [-0.05, 0) is 74.4 Å². The molecule has 1 amide bonds. The van der Waals surface area contributed by atoms with Crippen LogP contribution in [0, 0.1) is 30.9 Å². The van der Waals surface area contributed by atoms with Gasteiger partial charge < -0.3 is 4.90 Å². The van der Waals surface area contributed by atoms with Gasteiger partial charge in [0.05, 0.1) is 16.9 Å². The van der Waals surface area contributed by atoms with E-state index >= 15 is 0 Å². The Kier molecular flexibility index (Phi) is 6.13. The lowest BCUT2D eigenvalue weighted by Gasteiger charge is -2.59. The molecule has 1 aliphatic carbocycles. The Morgan fingerprint density at radius 1 is 0.921 bits per heavy atom. The zero-order valence-electron chi connectivity index (χ0n) is 21.8. The maximum absolute atomic E-state index is 14.7. The van der Waals surface area contributed by atoms with E-state index in [2.05, 4.69) is 29.8 Å². The van der Waals surface area contributed by atoms with Crippen molar-refractivity contribution in [3.8, 4) is 5.69 Å². The molecule has 2 heterocycles. The van der Waals surface area contributed by atoms with Gasteiger partial charge in [-0.3, -0.25) is 4.79 Å². The Balaban J connectivity index is 1.12. The first-order chi connectivity index (χ1) is 18.3. The smallest absolute Gasteiger partial charge is 0.256 e. The largest absolute Gasteiger partial charge is 0.337 e. The van der Waals surface area contributed by atoms with E-state index in [1.807, 2.05) is 49.4 Å². The zero-order valence-corrected chi connectivity index (χ0v) is 21.8. The number of nitrogens with zero attached hydrogens (tertiary/aromatic N) is 3. The Morgan fingerprint density at radius 3 is 2.37 bits per heavy atom. The molecule has 38 heavy (non-hydrogen) atoms. The van der Waals surface area contributed by atoms with Gasteiger partial charge in [-0.2, -0.15) is 5.10 Å². The van der Waals surface area contributed by atoms with E-state index in [0.717, 1.165) is 35.9 Å². The van der Waals surface area contributed by atoms with Crippen LogP contribution in [-0.4, -0.2) is 33.7 Å². The highest BCUT2D eigenvalue weighted by Crippen LogP contribution is 2.56. The number of benzene rings is 3. The van der Waals surface area contributed by atoms with Crippen LogP contribution in [0.15, 0.2) is 72.8 Å². The van der Waals surface area contributed by atoms with Gasteiger partial charge in [0.25, 0.3) is 5.91 Å². The summed E-state index contributed by atoms with van der Waals surface area (Å²) >= 11 is 0. The third kappa shape index (κ3) is 4.42. The van der Waals surface area contributed by atoms with E-state index in [0.29, 0.717) is 37.4 Å². The first-order valence-electron chi connectivity index (χ1n) is 13.3. The van der Waals surface area contributed by atoms with E-state index in [9.17, 15) is 13.6 Å². The van der Waals surface area contributed by atoms with Gasteiger partial charge in [-0.1, -0.05) is 48.5 Å². The first-order valence-corrected chi connectivity index (χ1v) is 13.3. The maximum Gasteiger partial charge on any atom is 0.256 e. The number of rotatable bonds is 6. The van der Waals surface area contributed by atoms with Gasteiger partial charge in [-0.15, -0.1) is 0 Å². The van der Waals surface area contributed by atoms with Crippen LogP contribution in [0.2, 0.25) is 0 Å². The summed E-state index contributed by atoms with van der Waals surface area (Å²) in [5, 5.41) is 4.76. The second kappa shape index (κ2) is 9.50. The molecule has 6 rings (SSSR count). The van der Waals surface area contributed by atoms with Crippen molar-refractivity contribution in [1.29, 1.82) is 0 Å². The number of hydrogen-bond acceptors (Lipinski definition) is 2. The number of carbonyl (C=O) groups is 1. The molecule has 2 aliphatic rings. The van der Waals surface area contributed by atoms with Crippen LogP contribution < -0.4 is 0 Å². The van der Waals surface area contributed by atoms with Crippen molar-refractivity contribution in [3.63, 3.8) is 0 Å². The molecule has 6 heteroatoms. The predicted octanol–water partition coefficient (Wildman–Crippen LogP) is 6.57. The third-order valence-corrected chi connectivity index (χ3v) is 8.21. The average Bonchev–Trinajstić information content (AvgIpc) is 3.23. The van der Waals surface area contributed by atoms with Crippen LogP contribution in [0.25, 0.3) is 5.69 Å². The van der Waals surface area contributed by atoms with Gasteiger partial charge in [0, 0.05) is 36.2 Å². The van der Waals surface area contributed by atoms with Crippen molar-refractivity contribution in [2.75, 3.05) is 13.1 Å². The third-order valence-electron chi connectivity index (χ3n) is 8.21. The first kappa shape index (κ1) is 24.5. The van der Waals surface area contributed by atoms with Crippen LogP contribution in [-0.2, 0) is 12.8 Å². The number of halogens is 2. The number of likely N-dealkylation sites (tertiary alicyclic amines) is 1. The van der Waals surface area contributed by atoms with Gasteiger partial charge in [0.1, 0.15) is 11.6 Å². The van der Waals surface area contributed by atoms with Crippen molar-refractivity contribution < 1.29 is 13.6 Å². The summed E-state index contributed by atoms with van der Waals surface area (Å²) in [7, 11) is 0. The molecule has 1 aromatic heterocycles. The van der Waals surface area contributed by atoms with Crippen LogP contribution in [0.1, 0.15) is 57.2 Å². The fourth-order valence-electron chi connectivity index (χ4n) is 6.21. The van der Waals surface area contributed by atoms with Crippen LogP contribution in [0.4, 0.5) is 8.78 Å². The molecule has 0 N–H and O–H groups in total. The topological polar surface area (TPSA) is 38.1 Å². The minimum atomic E-state index is -0.791. The Hall–Kier alpha value is -3.80. The van der Waals surface area contributed by atoms with E-state index in [-0.39, 0.29) is 16.9 Å². The molecule has 1 spiro atoms. The summed E-state index contributed by atoms with van der Waals surface area (Å²) in [6.07, 6.45) is 2.99. The van der Waals surface area contributed by atoms with Gasteiger partial charge >= 0.3 is 0 Å². The molecular formula is C32H31F2N3O. The Bertz CT molecular complexity index is 1500. The number of aryl methyl sites for hydroxylation is 4. The van der Waals surface area contributed by atoms with E-state index in [4.69, 9.17) is 5.10 Å². The lowest BCUT2D eigenvalue weighted by molar-refractivity contribution is -0.0567.